The molecule has 19 heavy (non-hydrogen) atoms. The fourth-order valence-corrected chi connectivity index (χ4v) is 1.90. The molecule has 2 aromatic rings. The van der Waals surface area contributed by atoms with Crippen LogP contribution < -0.4 is 4.74 Å². The maximum absolute atomic E-state index is 10.8. The molecule has 5 heteroatoms. The van der Waals surface area contributed by atoms with E-state index < -0.39 is 5.97 Å². The molecule has 0 aromatic heterocycles. The van der Waals surface area contributed by atoms with Crippen LogP contribution in [0.2, 0.25) is 10.0 Å². The Kier molecular flexibility index (Phi) is 3.98. The van der Waals surface area contributed by atoms with Gasteiger partial charge >= 0.3 is 5.97 Å². The summed E-state index contributed by atoms with van der Waals surface area (Å²) >= 11 is 12.0. The lowest BCUT2D eigenvalue weighted by Gasteiger charge is -2.10. The molecule has 1 N–H and O–H groups in total. The Balaban J connectivity index is 2.33. The third-order valence-electron chi connectivity index (χ3n) is 2.49. The molecule has 0 spiro atoms. The van der Waals surface area contributed by atoms with E-state index in [1.54, 1.807) is 12.1 Å². The molecule has 2 rings (SSSR count). The van der Waals surface area contributed by atoms with Crippen molar-refractivity contribution in [2.45, 2.75) is 6.92 Å². The van der Waals surface area contributed by atoms with Gasteiger partial charge in [-0.1, -0.05) is 29.3 Å². The monoisotopic (exact) mass is 296 g/mol. The molecule has 0 saturated carbocycles. The van der Waals surface area contributed by atoms with Crippen molar-refractivity contribution in [1.29, 1.82) is 0 Å². The van der Waals surface area contributed by atoms with E-state index >= 15 is 0 Å². The number of rotatable bonds is 3. The summed E-state index contributed by atoms with van der Waals surface area (Å²) in [6.07, 6.45) is 0. The number of carbonyl (C=O) groups is 1. The lowest BCUT2D eigenvalue weighted by Crippen LogP contribution is -1.96. The fraction of sp³-hybridized carbons (Fsp3) is 0.0714. The van der Waals surface area contributed by atoms with Crippen LogP contribution in [-0.4, -0.2) is 11.1 Å². The number of hydrogen-bond acceptors (Lipinski definition) is 2. The Hall–Kier alpha value is -1.71. The third-order valence-corrected chi connectivity index (χ3v) is 3.09. The van der Waals surface area contributed by atoms with Crippen LogP contribution in [-0.2, 0) is 0 Å². The lowest BCUT2D eigenvalue weighted by molar-refractivity contribution is 0.0697. The molecular formula is C14H10Cl2O3. The van der Waals surface area contributed by atoms with Gasteiger partial charge in [0.1, 0.15) is 11.5 Å². The molecule has 0 aliphatic heterocycles. The average molecular weight is 297 g/mol. The van der Waals surface area contributed by atoms with Crippen molar-refractivity contribution in [3.05, 3.63) is 57.6 Å². The third kappa shape index (κ3) is 3.19. The quantitative estimate of drug-likeness (QED) is 0.885. The van der Waals surface area contributed by atoms with Crippen molar-refractivity contribution in [1.82, 2.24) is 0 Å². The fourth-order valence-electron chi connectivity index (χ4n) is 1.52. The molecular weight excluding hydrogens is 287 g/mol. The molecule has 98 valence electrons. The smallest absolute Gasteiger partial charge is 0.335 e. The van der Waals surface area contributed by atoms with Gasteiger partial charge in [-0.2, -0.15) is 0 Å². The second kappa shape index (κ2) is 5.51. The van der Waals surface area contributed by atoms with E-state index in [0.29, 0.717) is 16.5 Å². The largest absolute Gasteiger partial charge is 0.478 e. The molecule has 2 aromatic carbocycles. The first-order chi connectivity index (χ1) is 8.97. The Morgan fingerprint density at radius 2 is 1.79 bits per heavy atom. The highest BCUT2D eigenvalue weighted by Crippen LogP contribution is 2.34. The van der Waals surface area contributed by atoms with Gasteiger partial charge in [-0.05, 0) is 42.8 Å². The standard InChI is InChI=1S/C14H10Cl2O3/c1-8-2-4-10(15)13(6-8)19-12-5-3-9(14(17)18)7-11(12)16/h2-7H,1H3,(H,17,18). The van der Waals surface area contributed by atoms with Crippen molar-refractivity contribution < 1.29 is 14.6 Å². The zero-order chi connectivity index (χ0) is 14.0. The zero-order valence-corrected chi connectivity index (χ0v) is 11.5. The summed E-state index contributed by atoms with van der Waals surface area (Å²) < 4.78 is 5.60. The van der Waals surface area contributed by atoms with E-state index in [0.717, 1.165) is 5.56 Å². The second-order valence-electron chi connectivity index (χ2n) is 3.99. The molecule has 0 unspecified atom stereocenters. The molecule has 0 atom stereocenters. The molecule has 3 nitrogen and oxygen atoms in total. The molecule has 0 amide bonds. The number of carboxylic acid groups (broad SMARTS) is 1. The van der Waals surface area contributed by atoms with Crippen LogP contribution in [0.5, 0.6) is 11.5 Å². The highest BCUT2D eigenvalue weighted by atomic mass is 35.5. The Morgan fingerprint density at radius 3 is 2.42 bits per heavy atom. The molecule has 0 aliphatic carbocycles. The summed E-state index contributed by atoms with van der Waals surface area (Å²) in [5.41, 5.74) is 1.10. The Bertz CT molecular complexity index is 639. The number of carboxylic acids is 1. The zero-order valence-electron chi connectivity index (χ0n) is 9.98. The van der Waals surface area contributed by atoms with Gasteiger partial charge < -0.3 is 9.84 Å². The highest BCUT2D eigenvalue weighted by molar-refractivity contribution is 6.33. The maximum Gasteiger partial charge on any atom is 0.335 e. The van der Waals surface area contributed by atoms with E-state index in [9.17, 15) is 4.79 Å². The van der Waals surface area contributed by atoms with Crippen molar-refractivity contribution in [2.24, 2.45) is 0 Å². The SMILES string of the molecule is Cc1ccc(Cl)c(Oc2ccc(C(=O)O)cc2Cl)c1. The van der Waals surface area contributed by atoms with E-state index in [-0.39, 0.29) is 10.6 Å². The Labute approximate surface area is 120 Å². The topological polar surface area (TPSA) is 46.5 Å². The van der Waals surface area contributed by atoms with Gasteiger partial charge in [0.2, 0.25) is 0 Å². The number of ether oxygens (including phenoxy) is 1. The van der Waals surface area contributed by atoms with Crippen LogP contribution in [0.25, 0.3) is 0 Å². The summed E-state index contributed by atoms with van der Waals surface area (Å²) in [6.45, 7) is 1.92. The van der Waals surface area contributed by atoms with Gasteiger partial charge in [0, 0.05) is 0 Å². The first-order valence-electron chi connectivity index (χ1n) is 5.44. The highest BCUT2D eigenvalue weighted by Gasteiger charge is 2.10. The van der Waals surface area contributed by atoms with Crippen LogP contribution in [0.4, 0.5) is 0 Å². The van der Waals surface area contributed by atoms with Gasteiger partial charge in [0.25, 0.3) is 0 Å². The summed E-state index contributed by atoms with van der Waals surface area (Å²) in [7, 11) is 0. The lowest BCUT2D eigenvalue weighted by atomic mass is 10.2. The van der Waals surface area contributed by atoms with Gasteiger partial charge in [-0.25, -0.2) is 4.79 Å². The minimum Gasteiger partial charge on any atom is -0.478 e. The predicted molar refractivity (Wildman–Crippen MR) is 74.7 cm³/mol. The van der Waals surface area contributed by atoms with E-state index in [2.05, 4.69) is 0 Å². The van der Waals surface area contributed by atoms with Crippen molar-refractivity contribution in [3.63, 3.8) is 0 Å². The van der Waals surface area contributed by atoms with Gasteiger partial charge in [-0.15, -0.1) is 0 Å². The molecule has 0 fully saturated rings. The summed E-state index contributed by atoms with van der Waals surface area (Å²) in [6, 6.07) is 9.64. The van der Waals surface area contributed by atoms with Crippen molar-refractivity contribution >= 4 is 29.2 Å². The van der Waals surface area contributed by atoms with E-state index in [1.165, 1.54) is 18.2 Å². The molecule has 0 radical (unpaired) electrons. The first-order valence-corrected chi connectivity index (χ1v) is 6.20. The van der Waals surface area contributed by atoms with Crippen molar-refractivity contribution in [3.8, 4) is 11.5 Å². The molecule has 0 bridgehead atoms. The molecule has 0 aliphatic rings. The first kappa shape index (κ1) is 13.7. The Morgan fingerprint density at radius 1 is 1.05 bits per heavy atom. The predicted octanol–water partition coefficient (Wildman–Crippen LogP) is 4.79. The molecule has 0 saturated heterocycles. The molecule has 0 heterocycles. The number of aryl methyl sites for hydroxylation is 1. The normalized spacial score (nSPS) is 10.3. The van der Waals surface area contributed by atoms with E-state index in [1.807, 2.05) is 13.0 Å². The van der Waals surface area contributed by atoms with Gasteiger partial charge in [0.05, 0.1) is 15.6 Å². The van der Waals surface area contributed by atoms with Crippen LogP contribution in [0.15, 0.2) is 36.4 Å². The maximum atomic E-state index is 10.8. The van der Waals surface area contributed by atoms with E-state index in [4.69, 9.17) is 33.0 Å². The van der Waals surface area contributed by atoms with Crippen LogP contribution >= 0.6 is 23.2 Å². The number of halogens is 2. The summed E-state index contributed by atoms with van der Waals surface area (Å²) in [5, 5.41) is 9.53. The van der Waals surface area contributed by atoms with Crippen molar-refractivity contribution in [2.75, 3.05) is 0 Å². The van der Waals surface area contributed by atoms with Crippen LogP contribution in [0.3, 0.4) is 0 Å². The minimum absolute atomic E-state index is 0.104. The number of aromatic carboxylic acids is 1. The second-order valence-corrected chi connectivity index (χ2v) is 4.80. The average Bonchev–Trinajstić information content (AvgIpc) is 2.36. The number of hydrogen-bond donors (Lipinski definition) is 1. The van der Waals surface area contributed by atoms with Crippen LogP contribution in [0.1, 0.15) is 15.9 Å². The minimum atomic E-state index is -1.04. The van der Waals surface area contributed by atoms with Crippen LogP contribution in [0, 0.1) is 6.92 Å². The number of benzene rings is 2. The van der Waals surface area contributed by atoms with Gasteiger partial charge in [0.15, 0.2) is 0 Å². The summed E-state index contributed by atoms with van der Waals surface area (Å²) in [4.78, 5) is 10.8. The van der Waals surface area contributed by atoms with Gasteiger partial charge in [-0.3, -0.25) is 0 Å². The summed E-state index contributed by atoms with van der Waals surface area (Å²) in [5.74, 6) is -0.201.